The van der Waals surface area contributed by atoms with Crippen molar-refractivity contribution in [1.82, 2.24) is 25.0 Å². The van der Waals surface area contributed by atoms with Crippen molar-refractivity contribution in [1.29, 1.82) is 0 Å². The average molecular weight is 458 g/mol. The van der Waals surface area contributed by atoms with Crippen LogP contribution in [0.1, 0.15) is 42.5 Å². The van der Waals surface area contributed by atoms with Gasteiger partial charge in [0, 0.05) is 23.5 Å². The minimum atomic E-state index is -0.332. The van der Waals surface area contributed by atoms with Gasteiger partial charge in [0.15, 0.2) is 0 Å². The molecule has 9 heteroatoms. The molecule has 2 aromatic heterocycles. The lowest BCUT2D eigenvalue weighted by Crippen LogP contribution is -2.25. The Bertz CT molecular complexity index is 1330. The van der Waals surface area contributed by atoms with Crippen LogP contribution < -0.4 is 10.1 Å². The number of aromatic nitrogens is 5. The number of benzene rings is 2. The SMILES string of the molecule is CCCOc1ccc(C2CC(=O)Nc3c2c(C)nn3-c2nncc(-c3ccc(F)cc3)n2)cc1. The molecule has 1 aliphatic heterocycles. The molecule has 1 aliphatic rings. The van der Waals surface area contributed by atoms with Crippen LogP contribution in [0.25, 0.3) is 17.2 Å². The summed E-state index contributed by atoms with van der Waals surface area (Å²) >= 11 is 0. The molecule has 34 heavy (non-hydrogen) atoms. The van der Waals surface area contributed by atoms with Gasteiger partial charge in [0.2, 0.25) is 5.91 Å². The van der Waals surface area contributed by atoms with E-state index in [0.29, 0.717) is 30.1 Å². The second-order valence-electron chi connectivity index (χ2n) is 8.13. The highest BCUT2D eigenvalue weighted by molar-refractivity contribution is 5.95. The number of fused-ring (bicyclic) bond motifs is 1. The number of aryl methyl sites for hydroxylation is 1. The van der Waals surface area contributed by atoms with Crippen molar-refractivity contribution in [2.45, 2.75) is 32.6 Å². The zero-order valence-corrected chi connectivity index (χ0v) is 18.8. The van der Waals surface area contributed by atoms with Crippen molar-refractivity contribution in [3.05, 3.63) is 77.4 Å². The van der Waals surface area contributed by atoms with Gasteiger partial charge >= 0.3 is 0 Å². The van der Waals surface area contributed by atoms with E-state index < -0.39 is 0 Å². The molecule has 3 heterocycles. The molecule has 0 fully saturated rings. The van der Waals surface area contributed by atoms with E-state index in [-0.39, 0.29) is 23.6 Å². The molecule has 5 rings (SSSR count). The summed E-state index contributed by atoms with van der Waals surface area (Å²) in [5.74, 6) is 0.939. The number of anilines is 1. The molecule has 0 spiro atoms. The lowest BCUT2D eigenvalue weighted by molar-refractivity contribution is -0.116. The summed E-state index contributed by atoms with van der Waals surface area (Å²) in [6, 6.07) is 13.8. The van der Waals surface area contributed by atoms with Gasteiger partial charge in [0.25, 0.3) is 5.95 Å². The molecule has 0 bridgehead atoms. The van der Waals surface area contributed by atoms with Gasteiger partial charge in [-0.1, -0.05) is 19.1 Å². The Balaban J connectivity index is 1.53. The van der Waals surface area contributed by atoms with Crippen LogP contribution in [0.3, 0.4) is 0 Å². The quantitative estimate of drug-likeness (QED) is 0.459. The summed E-state index contributed by atoms with van der Waals surface area (Å²) in [7, 11) is 0. The van der Waals surface area contributed by atoms with Crippen LogP contribution in [0.5, 0.6) is 5.75 Å². The molecule has 8 nitrogen and oxygen atoms in total. The van der Waals surface area contributed by atoms with Gasteiger partial charge in [-0.3, -0.25) is 4.79 Å². The van der Waals surface area contributed by atoms with Crippen LogP contribution in [0.15, 0.2) is 54.7 Å². The van der Waals surface area contributed by atoms with Gasteiger partial charge in [0.1, 0.15) is 17.4 Å². The Hall–Kier alpha value is -4.14. The Kier molecular flexibility index (Phi) is 5.75. The van der Waals surface area contributed by atoms with E-state index in [4.69, 9.17) is 4.74 Å². The first kappa shape index (κ1) is 21.7. The van der Waals surface area contributed by atoms with E-state index in [1.165, 1.54) is 23.0 Å². The Morgan fingerprint density at radius 2 is 1.91 bits per heavy atom. The maximum Gasteiger partial charge on any atom is 0.272 e. The minimum absolute atomic E-state index is 0.118. The smallest absolute Gasteiger partial charge is 0.272 e. The molecule has 0 saturated heterocycles. The third-order valence-electron chi connectivity index (χ3n) is 5.73. The molecular weight excluding hydrogens is 435 g/mol. The number of amides is 1. The first-order chi connectivity index (χ1) is 16.5. The number of rotatable bonds is 6. The Morgan fingerprint density at radius 1 is 1.15 bits per heavy atom. The summed E-state index contributed by atoms with van der Waals surface area (Å²) in [4.78, 5) is 17.2. The standard InChI is InChI=1S/C25H23FN6O2/c1-3-12-34-19-10-6-16(7-11-19)20-13-22(33)29-24-23(20)15(2)31-32(24)25-28-21(14-27-30-25)17-4-8-18(26)9-5-17/h4-11,14,20H,3,12-13H2,1-2H3,(H,29,33). The highest BCUT2D eigenvalue weighted by atomic mass is 19.1. The van der Waals surface area contributed by atoms with Gasteiger partial charge in [-0.05, 0) is 55.3 Å². The molecule has 4 aromatic rings. The second-order valence-corrected chi connectivity index (χ2v) is 8.13. The summed E-state index contributed by atoms with van der Waals surface area (Å²) < 4.78 is 20.5. The maximum absolute atomic E-state index is 13.3. The van der Waals surface area contributed by atoms with Gasteiger partial charge in [-0.15, -0.1) is 5.10 Å². The van der Waals surface area contributed by atoms with Crippen LogP contribution in [0, 0.1) is 12.7 Å². The van der Waals surface area contributed by atoms with Crippen molar-refractivity contribution >= 4 is 11.7 Å². The molecule has 172 valence electrons. The predicted octanol–water partition coefficient (Wildman–Crippen LogP) is 4.43. The fourth-order valence-corrected chi connectivity index (χ4v) is 4.14. The van der Waals surface area contributed by atoms with Crippen molar-refractivity contribution in [2.24, 2.45) is 0 Å². The molecule has 0 aliphatic carbocycles. The number of carbonyl (C=O) groups is 1. The molecule has 0 saturated carbocycles. The number of hydrogen-bond donors (Lipinski definition) is 1. The highest BCUT2D eigenvalue weighted by Gasteiger charge is 2.33. The summed E-state index contributed by atoms with van der Waals surface area (Å²) in [6.07, 6.45) is 2.75. The zero-order chi connectivity index (χ0) is 23.7. The second kappa shape index (κ2) is 9.01. The van der Waals surface area contributed by atoms with Crippen LogP contribution in [0.4, 0.5) is 10.2 Å². The first-order valence-electron chi connectivity index (χ1n) is 11.1. The lowest BCUT2D eigenvalue weighted by atomic mass is 9.86. The monoisotopic (exact) mass is 458 g/mol. The third-order valence-corrected chi connectivity index (χ3v) is 5.73. The molecule has 2 aromatic carbocycles. The average Bonchev–Trinajstić information content (AvgIpc) is 3.19. The normalized spacial score (nSPS) is 15.0. The summed E-state index contributed by atoms with van der Waals surface area (Å²) in [5.41, 5.74) is 3.90. The maximum atomic E-state index is 13.3. The number of halogens is 1. The number of hydrogen-bond acceptors (Lipinski definition) is 6. The van der Waals surface area contributed by atoms with Gasteiger partial charge < -0.3 is 10.1 Å². The zero-order valence-electron chi connectivity index (χ0n) is 18.8. The first-order valence-corrected chi connectivity index (χ1v) is 11.1. The van der Waals surface area contributed by atoms with Gasteiger partial charge in [-0.25, -0.2) is 9.37 Å². The fraction of sp³-hybridized carbons (Fsp3) is 0.240. The molecular formula is C25H23FN6O2. The molecule has 0 radical (unpaired) electrons. The molecule has 1 unspecified atom stereocenters. The molecule has 1 amide bonds. The summed E-state index contributed by atoms with van der Waals surface area (Å²) in [5, 5.41) is 15.8. The van der Waals surface area contributed by atoms with Crippen molar-refractivity contribution < 1.29 is 13.9 Å². The van der Waals surface area contributed by atoms with Crippen LogP contribution in [-0.2, 0) is 4.79 Å². The fourth-order valence-electron chi connectivity index (χ4n) is 4.14. The van der Waals surface area contributed by atoms with E-state index in [0.717, 1.165) is 29.0 Å². The van der Waals surface area contributed by atoms with E-state index in [1.54, 1.807) is 12.1 Å². The van der Waals surface area contributed by atoms with Gasteiger partial charge in [0.05, 0.1) is 24.2 Å². The highest BCUT2D eigenvalue weighted by Crippen LogP contribution is 2.40. The molecule has 1 atom stereocenters. The topological polar surface area (TPSA) is 94.8 Å². The number of nitrogens with zero attached hydrogens (tertiary/aromatic N) is 5. The molecule has 1 N–H and O–H groups in total. The lowest BCUT2D eigenvalue weighted by Gasteiger charge is -2.24. The number of carbonyl (C=O) groups excluding carboxylic acids is 1. The van der Waals surface area contributed by atoms with E-state index >= 15 is 0 Å². The minimum Gasteiger partial charge on any atom is -0.494 e. The Labute approximate surface area is 195 Å². The van der Waals surface area contributed by atoms with Gasteiger partial charge in [-0.2, -0.15) is 14.9 Å². The van der Waals surface area contributed by atoms with E-state index in [2.05, 4.69) is 32.5 Å². The van der Waals surface area contributed by atoms with E-state index in [1.807, 2.05) is 31.2 Å². The predicted molar refractivity (Wildman–Crippen MR) is 124 cm³/mol. The van der Waals surface area contributed by atoms with Crippen molar-refractivity contribution in [3.8, 4) is 23.0 Å². The van der Waals surface area contributed by atoms with Crippen LogP contribution in [0.2, 0.25) is 0 Å². The van der Waals surface area contributed by atoms with Crippen LogP contribution in [-0.4, -0.2) is 37.5 Å². The third kappa shape index (κ3) is 4.12. The largest absolute Gasteiger partial charge is 0.494 e. The van der Waals surface area contributed by atoms with Crippen molar-refractivity contribution in [3.63, 3.8) is 0 Å². The number of ether oxygens (including phenoxy) is 1. The van der Waals surface area contributed by atoms with Crippen LogP contribution >= 0.6 is 0 Å². The van der Waals surface area contributed by atoms with Crippen molar-refractivity contribution in [2.75, 3.05) is 11.9 Å². The number of nitrogens with one attached hydrogen (secondary N) is 1. The summed E-state index contributed by atoms with van der Waals surface area (Å²) in [6.45, 7) is 4.62. The van der Waals surface area contributed by atoms with E-state index in [9.17, 15) is 9.18 Å². The Morgan fingerprint density at radius 3 is 2.65 bits per heavy atom.